The Hall–Kier alpha value is -1.34. The Kier molecular flexibility index (Phi) is 6.74. The molecule has 1 rings (SSSR count). The molecule has 2 unspecified atom stereocenters. The van der Waals surface area contributed by atoms with E-state index in [0.29, 0.717) is 13.1 Å². The van der Waals surface area contributed by atoms with Crippen LogP contribution in [0.1, 0.15) is 13.3 Å². The lowest BCUT2D eigenvalue weighted by atomic mass is 10.0. The molecule has 0 radical (unpaired) electrons. The quantitative estimate of drug-likeness (QED) is 0.692. The molecule has 20 heavy (non-hydrogen) atoms. The Labute approximate surface area is 119 Å². The molecule has 0 spiro atoms. The SMILES string of the molecule is CCN(CCCN(C)C)C(=O)NC1COCC1C(=O)O. The predicted molar refractivity (Wildman–Crippen MR) is 74.7 cm³/mol. The van der Waals surface area contributed by atoms with Gasteiger partial charge in [-0.2, -0.15) is 0 Å². The van der Waals surface area contributed by atoms with Crippen LogP contribution in [0.4, 0.5) is 4.79 Å². The first-order valence-corrected chi connectivity index (χ1v) is 6.96. The second-order valence-electron chi connectivity index (χ2n) is 5.27. The molecule has 7 heteroatoms. The van der Waals surface area contributed by atoms with Gasteiger partial charge in [-0.25, -0.2) is 4.79 Å². The van der Waals surface area contributed by atoms with Crippen LogP contribution in [-0.2, 0) is 9.53 Å². The number of carboxylic acids is 1. The van der Waals surface area contributed by atoms with Gasteiger partial charge in [0, 0.05) is 13.1 Å². The number of nitrogens with zero attached hydrogens (tertiary/aromatic N) is 2. The van der Waals surface area contributed by atoms with Crippen LogP contribution in [0.25, 0.3) is 0 Å². The first kappa shape index (κ1) is 16.7. The molecule has 1 saturated heterocycles. The van der Waals surface area contributed by atoms with Crippen molar-refractivity contribution in [1.29, 1.82) is 0 Å². The molecule has 0 aromatic rings. The molecule has 1 aliphatic heterocycles. The first-order chi connectivity index (χ1) is 9.45. The number of amides is 2. The number of nitrogens with one attached hydrogen (secondary N) is 1. The molecule has 1 aliphatic rings. The highest BCUT2D eigenvalue weighted by Gasteiger charge is 2.35. The fraction of sp³-hybridized carbons (Fsp3) is 0.846. The number of ether oxygens (including phenoxy) is 1. The number of urea groups is 1. The molecular formula is C13H25N3O4. The monoisotopic (exact) mass is 287 g/mol. The van der Waals surface area contributed by atoms with Gasteiger partial charge in [-0.05, 0) is 34.0 Å². The molecule has 116 valence electrons. The Morgan fingerprint density at radius 1 is 1.30 bits per heavy atom. The number of hydrogen-bond donors (Lipinski definition) is 2. The van der Waals surface area contributed by atoms with E-state index in [-0.39, 0.29) is 19.2 Å². The highest BCUT2D eigenvalue weighted by atomic mass is 16.5. The molecule has 1 fully saturated rings. The maximum atomic E-state index is 12.1. The summed E-state index contributed by atoms with van der Waals surface area (Å²) in [5.41, 5.74) is 0. The lowest BCUT2D eigenvalue weighted by molar-refractivity contribution is -0.142. The van der Waals surface area contributed by atoms with Gasteiger partial charge in [0.05, 0.1) is 19.3 Å². The molecule has 2 amide bonds. The minimum Gasteiger partial charge on any atom is -0.481 e. The molecule has 0 saturated carbocycles. The molecule has 2 N–H and O–H groups in total. The van der Waals surface area contributed by atoms with E-state index in [1.165, 1.54) is 0 Å². The van der Waals surface area contributed by atoms with Gasteiger partial charge in [0.2, 0.25) is 0 Å². The van der Waals surface area contributed by atoms with Crippen LogP contribution in [0, 0.1) is 5.92 Å². The average molecular weight is 287 g/mol. The molecule has 2 atom stereocenters. The molecular weight excluding hydrogens is 262 g/mol. The van der Waals surface area contributed by atoms with Gasteiger partial charge in [-0.3, -0.25) is 4.79 Å². The van der Waals surface area contributed by atoms with Gasteiger partial charge >= 0.3 is 12.0 Å². The van der Waals surface area contributed by atoms with E-state index < -0.39 is 17.9 Å². The maximum absolute atomic E-state index is 12.1. The van der Waals surface area contributed by atoms with Crippen molar-refractivity contribution in [3.8, 4) is 0 Å². The van der Waals surface area contributed by atoms with Crippen LogP contribution in [-0.4, -0.2) is 79.9 Å². The Balaban J connectivity index is 2.44. The molecule has 1 heterocycles. The minimum atomic E-state index is -0.927. The summed E-state index contributed by atoms with van der Waals surface area (Å²) in [7, 11) is 3.98. The summed E-state index contributed by atoms with van der Waals surface area (Å²) in [6, 6.07) is -0.657. The highest BCUT2D eigenvalue weighted by molar-refractivity contribution is 5.77. The Bertz CT molecular complexity index is 336. The third kappa shape index (κ3) is 4.97. The van der Waals surface area contributed by atoms with Crippen LogP contribution in [0.15, 0.2) is 0 Å². The topological polar surface area (TPSA) is 82.1 Å². The summed E-state index contributed by atoms with van der Waals surface area (Å²) < 4.78 is 5.14. The number of rotatable bonds is 7. The third-order valence-corrected chi connectivity index (χ3v) is 3.41. The van der Waals surface area contributed by atoms with Crippen molar-refractivity contribution in [2.45, 2.75) is 19.4 Å². The average Bonchev–Trinajstić information content (AvgIpc) is 2.82. The molecule has 0 aromatic carbocycles. The van der Waals surface area contributed by atoms with E-state index in [4.69, 9.17) is 9.84 Å². The fourth-order valence-corrected chi connectivity index (χ4v) is 2.17. The van der Waals surface area contributed by atoms with E-state index in [1.54, 1.807) is 4.90 Å². The smallest absolute Gasteiger partial charge is 0.317 e. The second kappa shape index (κ2) is 8.06. The number of hydrogen-bond acceptors (Lipinski definition) is 4. The van der Waals surface area contributed by atoms with Gasteiger partial charge in [-0.15, -0.1) is 0 Å². The van der Waals surface area contributed by atoms with Crippen LogP contribution in [0.3, 0.4) is 0 Å². The third-order valence-electron chi connectivity index (χ3n) is 3.41. The van der Waals surface area contributed by atoms with Gasteiger partial charge in [0.1, 0.15) is 5.92 Å². The summed E-state index contributed by atoms with van der Waals surface area (Å²) in [5, 5.41) is 11.8. The summed E-state index contributed by atoms with van der Waals surface area (Å²) in [6.07, 6.45) is 0.887. The van der Waals surface area contributed by atoms with Crippen molar-refractivity contribution < 1.29 is 19.4 Å². The summed E-state index contributed by atoms with van der Waals surface area (Å²) in [4.78, 5) is 26.9. The normalized spacial score (nSPS) is 22.0. The molecule has 0 bridgehead atoms. The predicted octanol–water partition coefficient (Wildman–Crippen LogP) is 0.0692. The zero-order valence-corrected chi connectivity index (χ0v) is 12.5. The number of carbonyl (C=O) groups is 2. The van der Waals surface area contributed by atoms with Crippen LogP contribution in [0.5, 0.6) is 0 Å². The van der Waals surface area contributed by atoms with Crippen LogP contribution >= 0.6 is 0 Å². The van der Waals surface area contributed by atoms with E-state index in [1.807, 2.05) is 21.0 Å². The fourth-order valence-electron chi connectivity index (χ4n) is 2.17. The first-order valence-electron chi connectivity index (χ1n) is 6.96. The summed E-state index contributed by atoms with van der Waals surface area (Å²) in [5.74, 6) is -1.58. The zero-order valence-electron chi connectivity index (χ0n) is 12.5. The van der Waals surface area contributed by atoms with Gasteiger partial charge in [0.25, 0.3) is 0 Å². The number of aliphatic carboxylic acids is 1. The maximum Gasteiger partial charge on any atom is 0.317 e. The number of carboxylic acid groups (broad SMARTS) is 1. The van der Waals surface area contributed by atoms with Crippen LogP contribution in [0.2, 0.25) is 0 Å². The van der Waals surface area contributed by atoms with Gasteiger partial charge in [0.15, 0.2) is 0 Å². The molecule has 7 nitrogen and oxygen atoms in total. The standard InChI is InChI=1S/C13H25N3O4/c1-4-16(7-5-6-15(2)3)13(19)14-11-9-20-8-10(11)12(17)18/h10-11H,4-9H2,1-3H3,(H,14,19)(H,17,18). The largest absolute Gasteiger partial charge is 0.481 e. The Morgan fingerprint density at radius 2 is 2.00 bits per heavy atom. The summed E-state index contributed by atoms with van der Waals surface area (Å²) >= 11 is 0. The van der Waals surface area contributed by atoms with Crippen molar-refractivity contribution in [3.63, 3.8) is 0 Å². The van der Waals surface area contributed by atoms with Gasteiger partial charge in [-0.1, -0.05) is 0 Å². The second-order valence-corrected chi connectivity index (χ2v) is 5.27. The van der Waals surface area contributed by atoms with E-state index in [0.717, 1.165) is 13.0 Å². The van der Waals surface area contributed by atoms with Crippen molar-refractivity contribution >= 4 is 12.0 Å². The number of carbonyl (C=O) groups excluding carboxylic acids is 1. The Morgan fingerprint density at radius 3 is 2.55 bits per heavy atom. The molecule has 0 aliphatic carbocycles. The van der Waals surface area contributed by atoms with Crippen molar-refractivity contribution in [1.82, 2.24) is 15.1 Å². The van der Waals surface area contributed by atoms with Crippen LogP contribution < -0.4 is 5.32 Å². The van der Waals surface area contributed by atoms with Crippen molar-refractivity contribution in [2.24, 2.45) is 5.92 Å². The van der Waals surface area contributed by atoms with E-state index in [2.05, 4.69) is 10.2 Å². The zero-order chi connectivity index (χ0) is 15.1. The minimum absolute atomic E-state index is 0.160. The van der Waals surface area contributed by atoms with Crippen molar-refractivity contribution in [2.75, 3.05) is 46.9 Å². The van der Waals surface area contributed by atoms with E-state index in [9.17, 15) is 9.59 Å². The molecule has 0 aromatic heterocycles. The van der Waals surface area contributed by atoms with Crippen molar-refractivity contribution in [3.05, 3.63) is 0 Å². The highest BCUT2D eigenvalue weighted by Crippen LogP contribution is 2.14. The van der Waals surface area contributed by atoms with Gasteiger partial charge < -0.3 is 25.0 Å². The lowest BCUT2D eigenvalue weighted by Gasteiger charge is -2.25. The lowest BCUT2D eigenvalue weighted by Crippen LogP contribution is -2.49. The van der Waals surface area contributed by atoms with E-state index >= 15 is 0 Å². The summed E-state index contributed by atoms with van der Waals surface area (Å²) in [6.45, 7) is 4.50.